The molecule has 0 N–H and O–H groups in total. The van der Waals surface area contributed by atoms with Gasteiger partial charge >= 0.3 is 0 Å². The zero-order chi connectivity index (χ0) is 18.2. The number of fused-ring (bicyclic) bond motifs is 2. The summed E-state index contributed by atoms with van der Waals surface area (Å²) in [5, 5.41) is 0. The van der Waals surface area contributed by atoms with Crippen LogP contribution in [0.2, 0.25) is 0 Å². The zero-order valence-corrected chi connectivity index (χ0v) is 15.0. The van der Waals surface area contributed by atoms with Crippen LogP contribution in [0, 0.1) is 0 Å². The molecule has 134 valence electrons. The van der Waals surface area contributed by atoms with E-state index in [0.717, 1.165) is 43.7 Å². The van der Waals surface area contributed by atoms with E-state index in [9.17, 15) is 4.79 Å². The first kappa shape index (κ1) is 16.0. The Morgan fingerprint density at radius 2 is 1.48 bits per heavy atom. The van der Waals surface area contributed by atoms with Crippen molar-refractivity contribution >= 4 is 23.2 Å². The number of benzene rings is 2. The van der Waals surface area contributed by atoms with Crippen LogP contribution in [0.25, 0.3) is 0 Å². The monoisotopic (exact) mass is 356 g/mol. The predicted octanol–water partition coefficient (Wildman–Crippen LogP) is 3.76. The number of hydrogen-bond acceptors (Lipinski definition) is 4. The van der Waals surface area contributed by atoms with Gasteiger partial charge < -0.3 is 9.80 Å². The molecule has 3 heterocycles. The van der Waals surface area contributed by atoms with E-state index in [1.807, 2.05) is 29.2 Å². The van der Waals surface area contributed by atoms with Crippen molar-refractivity contribution in [2.45, 2.75) is 19.3 Å². The first-order chi connectivity index (χ1) is 13.3. The molecule has 0 aliphatic carbocycles. The number of amides is 1. The second-order valence-corrected chi connectivity index (χ2v) is 6.99. The van der Waals surface area contributed by atoms with E-state index in [1.54, 1.807) is 12.4 Å². The minimum Gasteiger partial charge on any atom is -0.310 e. The molecule has 5 nitrogen and oxygen atoms in total. The third-order valence-electron chi connectivity index (χ3n) is 5.37. The highest BCUT2D eigenvalue weighted by Gasteiger charge is 2.25. The average molecular weight is 356 g/mol. The van der Waals surface area contributed by atoms with Crippen LogP contribution in [0.3, 0.4) is 0 Å². The third kappa shape index (κ3) is 2.76. The van der Waals surface area contributed by atoms with Crippen molar-refractivity contribution in [1.82, 2.24) is 9.97 Å². The molecular formula is C22H20N4O. The van der Waals surface area contributed by atoms with E-state index in [2.05, 4.69) is 39.1 Å². The van der Waals surface area contributed by atoms with Crippen LogP contribution in [-0.4, -0.2) is 29.0 Å². The van der Waals surface area contributed by atoms with Crippen LogP contribution in [0.15, 0.2) is 60.9 Å². The second-order valence-electron chi connectivity index (χ2n) is 6.99. The predicted molar refractivity (Wildman–Crippen MR) is 106 cm³/mol. The highest BCUT2D eigenvalue weighted by atomic mass is 16.2. The van der Waals surface area contributed by atoms with Crippen molar-refractivity contribution in [3.8, 4) is 0 Å². The SMILES string of the molecule is O=C(c1cnc(N2CCc3ccccc32)nc1)N1CCCc2ccccc21. The van der Waals surface area contributed by atoms with Gasteiger partial charge in [-0.05, 0) is 42.5 Å². The van der Waals surface area contributed by atoms with Crippen LogP contribution in [-0.2, 0) is 12.8 Å². The van der Waals surface area contributed by atoms with Gasteiger partial charge in [-0.1, -0.05) is 36.4 Å². The molecule has 0 saturated carbocycles. The lowest BCUT2D eigenvalue weighted by Gasteiger charge is -2.29. The molecule has 5 rings (SSSR count). The number of hydrogen-bond donors (Lipinski definition) is 0. The number of carbonyl (C=O) groups is 1. The van der Waals surface area contributed by atoms with Crippen molar-refractivity contribution < 1.29 is 4.79 Å². The molecule has 27 heavy (non-hydrogen) atoms. The van der Waals surface area contributed by atoms with Crippen LogP contribution >= 0.6 is 0 Å². The van der Waals surface area contributed by atoms with Crippen molar-refractivity contribution in [3.63, 3.8) is 0 Å². The first-order valence-electron chi connectivity index (χ1n) is 9.38. The fourth-order valence-corrected chi connectivity index (χ4v) is 4.02. The van der Waals surface area contributed by atoms with Crippen LogP contribution < -0.4 is 9.80 Å². The normalized spacial score (nSPS) is 15.4. The smallest absolute Gasteiger partial charge is 0.261 e. The minimum absolute atomic E-state index is 0.0319. The lowest BCUT2D eigenvalue weighted by atomic mass is 10.0. The maximum absolute atomic E-state index is 13.0. The van der Waals surface area contributed by atoms with Gasteiger partial charge in [-0.15, -0.1) is 0 Å². The minimum atomic E-state index is -0.0319. The van der Waals surface area contributed by atoms with Gasteiger partial charge in [-0.3, -0.25) is 4.79 Å². The Kier molecular flexibility index (Phi) is 3.85. The summed E-state index contributed by atoms with van der Waals surface area (Å²) in [4.78, 5) is 26.0. The fourth-order valence-electron chi connectivity index (χ4n) is 4.02. The standard InChI is InChI=1S/C22H20N4O/c27-21(25-12-5-8-16-6-1-3-9-19(16)25)18-14-23-22(24-15-18)26-13-11-17-7-2-4-10-20(17)26/h1-4,6-7,9-10,14-15H,5,8,11-13H2. The maximum atomic E-state index is 13.0. The summed E-state index contributed by atoms with van der Waals surface area (Å²) in [5.41, 5.74) is 5.23. The van der Waals surface area contributed by atoms with Gasteiger partial charge in [-0.2, -0.15) is 0 Å². The van der Waals surface area contributed by atoms with E-state index >= 15 is 0 Å². The topological polar surface area (TPSA) is 49.3 Å². The van der Waals surface area contributed by atoms with Crippen molar-refractivity contribution in [3.05, 3.63) is 77.6 Å². The molecule has 0 radical (unpaired) electrons. The Balaban J connectivity index is 1.41. The number of nitrogens with zero attached hydrogens (tertiary/aromatic N) is 4. The van der Waals surface area contributed by atoms with Gasteiger partial charge in [-0.25, -0.2) is 9.97 Å². The maximum Gasteiger partial charge on any atom is 0.261 e. The van der Waals surface area contributed by atoms with E-state index in [4.69, 9.17) is 0 Å². The van der Waals surface area contributed by atoms with Crippen molar-refractivity contribution in [1.29, 1.82) is 0 Å². The quantitative estimate of drug-likeness (QED) is 0.701. The summed E-state index contributed by atoms with van der Waals surface area (Å²) < 4.78 is 0. The molecule has 5 heteroatoms. The highest BCUT2D eigenvalue weighted by Crippen LogP contribution is 2.32. The Labute approximate surface area is 158 Å². The molecule has 2 aliphatic heterocycles. The molecule has 0 atom stereocenters. The molecule has 3 aromatic rings. The number of anilines is 3. The lowest BCUT2D eigenvalue weighted by Crippen LogP contribution is -2.35. The number of para-hydroxylation sites is 2. The second kappa shape index (κ2) is 6.50. The highest BCUT2D eigenvalue weighted by molar-refractivity contribution is 6.06. The molecular weight excluding hydrogens is 336 g/mol. The van der Waals surface area contributed by atoms with Gasteiger partial charge in [0.25, 0.3) is 5.91 Å². The lowest BCUT2D eigenvalue weighted by molar-refractivity contribution is 0.0984. The van der Waals surface area contributed by atoms with Gasteiger partial charge in [0.05, 0.1) is 5.56 Å². The molecule has 0 fully saturated rings. The number of carbonyl (C=O) groups excluding carboxylic acids is 1. The Morgan fingerprint density at radius 1 is 0.815 bits per heavy atom. The summed E-state index contributed by atoms with van der Waals surface area (Å²) >= 11 is 0. The molecule has 0 saturated heterocycles. The number of rotatable bonds is 2. The van der Waals surface area contributed by atoms with Gasteiger partial charge in [0, 0.05) is 36.9 Å². The molecule has 2 aliphatic rings. The molecule has 2 aromatic carbocycles. The summed E-state index contributed by atoms with van der Waals surface area (Å²) in [6, 6.07) is 16.4. The fraction of sp³-hybridized carbons (Fsp3) is 0.227. The van der Waals surface area contributed by atoms with Crippen molar-refractivity contribution in [2.24, 2.45) is 0 Å². The van der Waals surface area contributed by atoms with Gasteiger partial charge in [0.1, 0.15) is 0 Å². The Hall–Kier alpha value is -3.21. The molecule has 0 bridgehead atoms. The third-order valence-corrected chi connectivity index (χ3v) is 5.37. The van der Waals surface area contributed by atoms with E-state index < -0.39 is 0 Å². The average Bonchev–Trinajstić information content (AvgIpc) is 3.17. The number of aromatic nitrogens is 2. The van der Waals surface area contributed by atoms with Gasteiger partial charge in [0.2, 0.25) is 5.95 Å². The summed E-state index contributed by atoms with van der Waals surface area (Å²) in [6.45, 7) is 1.60. The molecule has 0 unspecified atom stereocenters. The van der Waals surface area contributed by atoms with E-state index in [-0.39, 0.29) is 5.91 Å². The van der Waals surface area contributed by atoms with Gasteiger partial charge in [0.15, 0.2) is 0 Å². The Bertz CT molecular complexity index is 999. The van der Waals surface area contributed by atoms with Crippen molar-refractivity contribution in [2.75, 3.05) is 22.9 Å². The van der Waals surface area contributed by atoms with Crippen LogP contribution in [0.1, 0.15) is 27.9 Å². The Morgan fingerprint density at radius 3 is 2.26 bits per heavy atom. The zero-order valence-electron chi connectivity index (χ0n) is 15.0. The van der Waals surface area contributed by atoms with E-state index in [0.29, 0.717) is 11.5 Å². The summed E-state index contributed by atoms with van der Waals surface area (Å²) in [5.74, 6) is 0.617. The van der Waals surface area contributed by atoms with Crippen LogP contribution in [0.4, 0.5) is 17.3 Å². The molecule has 1 amide bonds. The largest absolute Gasteiger partial charge is 0.310 e. The summed E-state index contributed by atoms with van der Waals surface area (Å²) in [6.07, 6.45) is 6.30. The summed E-state index contributed by atoms with van der Waals surface area (Å²) in [7, 11) is 0. The first-order valence-corrected chi connectivity index (χ1v) is 9.38. The number of aryl methyl sites for hydroxylation is 1. The van der Waals surface area contributed by atoms with E-state index in [1.165, 1.54) is 11.1 Å². The molecule has 1 aromatic heterocycles. The van der Waals surface area contributed by atoms with Crippen LogP contribution in [0.5, 0.6) is 0 Å². The molecule has 0 spiro atoms.